The maximum atomic E-state index is 12.6. The van der Waals surface area contributed by atoms with Crippen molar-refractivity contribution < 1.29 is 35.1 Å². The van der Waals surface area contributed by atoms with Gasteiger partial charge in [-0.05, 0) is 164 Å². The summed E-state index contributed by atoms with van der Waals surface area (Å²) in [5.74, 6) is -3.60. The number of aryl methyl sites for hydroxylation is 10. The molecule has 0 spiro atoms. The van der Waals surface area contributed by atoms with Crippen LogP contribution in [-0.2, 0) is 0 Å². The van der Waals surface area contributed by atoms with E-state index in [1.54, 1.807) is 52.0 Å². The molecule has 6 aromatic carbocycles. The van der Waals surface area contributed by atoms with Crippen molar-refractivity contribution in [1.29, 1.82) is 0 Å². The first-order valence-electron chi connectivity index (χ1n) is 17.8. The summed E-state index contributed by atoms with van der Waals surface area (Å²) in [7, 11) is 0. The highest BCUT2D eigenvalue weighted by molar-refractivity contribution is 5.26. The maximum Gasteiger partial charge on any atom is 0.161 e. The van der Waals surface area contributed by atoms with Crippen LogP contribution in [0.2, 0.25) is 0 Å². The lowest BCUT2D eigenvalue weighted by atomic mass is 10.1. The quantitative estimate of drug-likeness (QED) is 0.135. The number of halogens is 8. The molecule has 0 bridgehead atoms. The molecule has 0 aliphatic heterocycles. The standard InChI is InChI=1S/3C8H8F2.2C8H9F.C8H10/c2*1-5-3-7(9)6(2)8(10)4-5;1-5-3-4-6(2)8(10)7(5)9;2*1-6-3-4-7(2)8(9)5-6;1-7-3-5-8(2)6-4-7/h3*3-4H,1-2H3;2*3-5H,1-2H3;3-6H,1-2H3. The van der Waals surface area contributed by atoms with Crippen LogP contribution in [0.5, 0.6) is 0 Å². The van der Waals surface area contributed by atoms with Crippen LogP contribution >= 0.6 is 0 Å². The molecule has 0 aromatic heterocycles. The lowest BCUT2D eigenvalue weighted by molar-refractivity contribution is 0.497. The van der Waals surface area contributed by atoms with E-state index in [1.807, 2.05) is 26.0 Å². The van der Waals surface area contributed by atoms with Crippen molar-refractivity contribution in [3.8, 4) is 0 Å². The summed E-state index contributed by atoms with van der Waals surface area (Å²) < 4.78 is 101. The fourth-order valence-electron chi connectivity index (χ4n) is 4.32. The van der Waals surface area contributed by atoms with E-state index in [4.69, 9.17) is 0 Å². The molecule has 0 atom stereocenters. The van der Waals surface area contributed by atoms with Crippen LogP contribution in [0.15, 0.2) is 97.1 Å². The molecular weight excluding hydrogens is 729 g/mol. The second kappa shape index (κ2) is 23.6. The van der Waals surface area contributed by atoms with E-state index in [-0.39, 0.29) is 22.8 Å². The Hall–Kier alpha value is -5.24. The highest BCUT2D eigenvalue weighted by atomic mass is 19.2. The van der Waals surface area contributed by atoms with Gasteiger partial charge >= 0.3 is 0 Å². The van der Waals surface area contributed by atoms with Crippen molar-refractivity contribution in [2.24, 2.45) is 0 Å². The number of hydrogen-bond acceptors (Lipinski definition) is 0. The Kier molecular flexibility index (Phi) is 20.6. The molecule has 0 amide bonds. The Labute approximate surface area is 327 Å². The van der Waals surface area contributed by atoms with E-state index in [1.165, 1.54) is 75.2 Å². The normalized spacial score (nSPS) is 9.79. The first-order chi connectivity index (χ1) is 26.0. The third kappa shape index (κ3) is 17.5. The molecule has 0 saturated carbocycles. The third-order valence-electron chi connectivity index (χ3n) is 8.19. The molecule has 0 fully saturated rings. The molecule has 0 heterocycles. The topological polar surface area (TPSA) is 0 Å². The Morgan fingerprint density at radius 3 is 0.679 bits per heavy atom. The second-order valence-electron chi connectivity index (χ2n) is 13.7. The molecule has 6 rings (SSSR count). The summed E-state index contributed by atoms with van der Waals surface area (Å²) in [6.07, 6.45) is 0. The predicted octanol–water partition coefficient (Wildman–Crippen LogP) is 14.9. The summed E-state index contributed by atoms with van der Waals surface area (Å²) >= 11 is 0. The van der Waals surface area contributed by atoms with E-state index in [2.05, 4.69) is 38.1 Å². The summed E-state index contributed by atoms with van der Waals surface area (Å²) in [6.45, 7) is 20.7. The summed E-state index contributed by atoms with van der Waals surface area (Å²) in [5.41, 5.74) is 8.12. The van der Waals surface area contributed by atoms with Gasteiger partial charge in [0.05, 0.1) is 0 Å². The van der Waals surface area contributed by atoms with E-state index in [9.17, 15) is 35.1 Å². The first kappa shape index (κ1) is 48.8. The molecule has 0 nitrogen and oxygen atoms in total. The monoisotopic (exact) mass is 780 g/mol. The van der Waals surface area contributed by atoms with Gasteiger partial charge in [0.2, 0.25) is 0 Å². The van der Waals surface area contributed by atoms with Crippen LogP contribution in [0.1, 0.15) is 66.8 Å². The average molecular weight is 781 g/mol. The van der Waals surface area contributed by atoms with Crippen molar-refractivity contribution in [2.75, 3.05) is 0 Å². The average Bonchev–Trinajstić information content (AvgIpc) is 3.13. The van der Waals surface area contributed by atoms with Gasteiger partial charge in [-0.2, -0.15) is 0 Å². The molecule has 0 unspecified atom stereocenters. The van der Waals surface area contributed by atoms with Crippen molar-refractivity contribution >= 4 is 0 Å². The Morgan fingerprint density at radius 2 is 0.446 bits per heavy atom. The summed E-state index contributed by atoms with van der Waals surface area (Å²) in [5, 5.41) is 0. The van der Waals surface area contributed by atoms with Crippen LogP contribution in [0, 0.1) is 130 Å². The Bertz CT molecular complexity index is 1950. The second-order valence-corrected chi connectivity index (χ2v) is 13.7. The molecule has 0 radical (unpaired) electrons. The van der Waals surface area contributed by atoms with Crippen LogP contribution in [0.4, 0.5) is 35.1 Å². The third-order valence-corrected chi connectivity index (χ3v) is 8.19. The van der Waals surface area contributed by atoms with Crippen molar-refractivity contribution in [1.82, 2.24) is 0 Å². The van der Waals surface area contributed by atoms with E-state index < -0.39 is 34.9 Å². The zero-order valence-corrected chi connectivity index (χ0v) is 34.3. The summed E-state index contributed by atoms with van der Waals surface area (Å²) in [6, 6.07) is 27.3. The van der Waals surface area contributed by atoms with Crippen molar-refractivity contribution in [3.05, 3.63) is 210 Å². The Morgan fingerprint density at radius 1 is 0.232 bits per heavy atom. The molecule has 8 heteroatoms. The minimum atomic E-state index is -0.736. The lowest BCUT2D eigenvalue weighted by Gasteiger charge is -1.99. The van der Waals surface area contributed by atoms with Gasteiger partial charge in [0, 0.05) is 11.1 Å². The highest BCUT2D eigenvalue weighted by Gasteiger charge is 2.06. The number of rotatable bonds is 0. The van der Waals surface area contributed by atoms with Gasteiger partial charge in [-0.15, -0.1) is 0 Å². The number of benzene rings is 6. The maximum absolute atomic E-state index is 12.6. The fourth-order valence-corrected chi connectivity index (χ4v) is 4.32. The molecular formula is C48H52F8. The minimum absolute atomic E-state index is 0.0885. The van der Waals surface area contributed by atoms with Gasteiger partial charge in [-0.1, -0.05) is 71.8 Å². The fraction of sp³-hybridized carbons (Fsp3) is 0.250. The van der Waals surface area contributed by atoms with Gasteiger partial charge in [0.15, 0.2) is 11.6 Å². The van der Waals surface area contributed by atoms with Gasteiger partial charge in [-0.25, -0.2) is 35.1 Å². The predicted molar refractivity (Wildman–Crippen MR) is 215 cm³/mol. The van der Waals surface area contributed by atoms with Gasteiger partial charge < -0.3 is 0 Å². The molecule has 0 saturated heterocycles. The molecule has 0 N–H and O–H groups in total. The molecule has 6 aromatic rings. The summed E-state index contributed by atoms with van der Waals surface area (Å²) in [4.78, 5) is 0. The lowest BCUT2D eigenvalue weighted by Crippen LogP contribution is -1.91. The minimum Gasteiger partial charge on any atom is -0.207 e. The van der Waals surface area contributed by atoms with Gasteiger partial charge in [0.1, 0.15) is 34.9 Å². The number of hydrogen-bond donors (Lipinski definition) is 0. The molecule has 300 valence electrons. The zero-order chi connectivity index (χ0) is 42.9. The van der Waals surface area contributed by atoms with Crippen LogP contribution in [0.3, 0.4) is 0 Å². The van der Waals surface area contributed by atoms with E-state index in [0.717, 1.165) is 11.1 Å². The smallest absolute Gasteiger partial charge is 0.161 e. The van der Waals surface area contributed by atoms with Gasteiger partial charge in [-0.3, -0.25) is 0 Å². The van der Waals surface area contributed by atoms with Crippen LogP contribution < -0.4 is 0 Å². The molecule has 0 aliphatic rings. The van der Waals surface area contributed by atoms with Crippen LogP contribution in [-0.4, -0.2) is 0 Å². The molecule has 56 heavy (non-hydrogen) atoms. The first-order valence-corrected chi connectivity index (χ1v) is 17.8. The zero-order valence-electron chi connectivity index (χ0n) is 34.3. The SMILES string of the molecule is Cc1cc(F)c(C)c(F)c1.Cc1cc(F)c(C)c(F)c1.Cc1ccc(C)c(F)c1.Cc1ccc(C)c(F)c1.Cc1ccc(C)c(F)c1F.Cc1ccc(C)cc1. The van der Waals surface area contributed by atoms with Crippen molar-refractivity contribution in [3.63, 3.8) is 0 Å². The molecule has 0 aliphatic carbocycles. The van der Waals surface area contributed by atoms with Crippen molar-refractivity contribution in [2.45, 2.75) is 83.1 Å². The largest absolute Gasteiger partial charge is 0.207 e. The Balaban J connectivity index is 0.000000337. The van der Waals surface area contributed by atoms with Gasteiger partial charge in [0.25, 0.3) is 0 Å². The van der Waals surface area contributed by atoms with E-state index >= 15 is 0 Å². The van der Waals surface area contributed by atoms with Crippen LogP contribution in [0.25, 0.3) is 0 Å². The van der Waals surface area contributed by atoms with E-state index in [0.29, 0.717) is 33.4 Å². The highest BCUT2D eigenvalue weighted by Crippen LogP contribution is 2.15.